The maximum absolute atomic E-state index is 2.12. The monoisotopic (exact) mass is 248 g/mol. The van der Waals surface area contributed by atoms with Gasteiger partial charge in [-0.25, -0.2) is 0 Å². The van der Waals surface area contributed by atoms with E-state index in [2.05, 4.69) is 49.5 Å². The maximum Gasteiger partial charge on any atom is -0.0191 e. The van der Waals surface area contributed by atoms with E-state index in [4.69, 9.17) is 0 Å². The Morgan fingerprint density at radius 2 is 1.06 bits per heavy atom. The minimum atomic E-state index is 1.24. The van der Waals surface area contributed by atoms with Crippen LogP contribution in [0.15, 0.2) is 59.8 Å². The third-order valence-corrected chi connectivity index (χ3v) is 1.81. The van der Waals surface area contributed by atoms with E-state index in [9.17, 15) is 0 Å². The van der Waals surface area contributed by atoms with Gasteiger partial charge in [-0.15, -0.1) is 0 Å². The Kier molecular flexibility index (Phi) is 25.6. The zero-order valence-electron chi connectivity index (χ0n) is 13.6. The van der Waals surface area contributed by atoms with Crippen molar-refractivity contribution in [2.24, 2.45) is 0 Å². The van der Waals surface area contributed by atoms with Gasteiger partial charge in [-0.2, -0.15) is 0 Å². The molecule has 18 heavy (non-hydrogen) atoms. The molecular formula is C18H32. The first-order chi connectivity index (χ1) is 8.79. The molecule has 0 radical (unpaired) electrons. The predicted molar refractivity (Wildman–Crippen MR) is 89.0 cm³/mol. The van der Waals surface area contributed by atoms with Gasteiger partial charge < -0.3 is 0 Å². The fourth-order valence-corrected chi connectivity index (χ4v) is 1.17. The van der Waals surface area contributed by atoms with Crippen LogP contribution in [0.5, 0.6) is 0 Å². The van der Waals surface area contributed by atoms with E-state index in [1.54, 1.807) is 0 Å². The van der Waals surface area contributed by atoms with Gasteiger partial charge in [0.25, 0.3) is 0 Å². The molecule has 0 bridgehead atoms. The third kappa shape index (κ3) is 12.8. The van der Waals surface area contributed by atoms with E-state index in [0.29, 0.717) is 0 Å². The van der Waals surface area contributed by atoms with Crippen molar-refractivity contribution in [2.75, 3.05) is 0 Å². The second kappa shape index (κ2) is 21.0. The molecule has 0 rings (SSSR count). The number of hydrogen-bond donors (Lipinski definition) is 0. The van der Waals surface area contributed by atoms with Crippen LogP contribution in [-0.4, -0.2) is 0 Å². The van der Waals surface area contributed by atoms with E-state index in [1.807, 2.05) is 54.5 Å². The van der Waals surface area contributed by atoms with Gasteiger partial charge in [0, 0.05) is 0 Å². The second-order valence-corrected chi connectivity index (χ2v) is 2.89. The van der Waals surface area contributed by atoms with Gasteiger partial charge in [0.05, 0.1) is 0 Å². The van der Waals surface area contributed by atoms with Crippen LogP contribution in [0.2, 0.25) is 0 Å². The van der Waals surface area contributed by atoms with E-state index >= 15 is 0 Å². The lowest BCUT2D eigenvalue weighted by molar-refractivity contribution is 1.47. The van der Waals surface area contributed by atoms with E-state index in [0.717, 1.165) is 0 Å². The first-order valence-electron chi connectivity index (χ1n) is 7.05. The summed E-state index contributed by atoms with van der Waals surface area (Å²) in [7, 11) is 0. The molecule has 0 heteroatoms. The van der Waals surface area contributed by atoms with Gasteiger partial charge in [0.15, 0.2) is 0 Å². The highest BCUT2D eigenvalue weighted by atomic mass is 14.0. The lowest BCUT2D eigenvalue weighted by atomic mass is 10.0. The zero-order chi connectivity index (χ0) is 14.8. The SMILES string of the molecule is CC.CC.C\C=C/C=C(\C=C/C)C(/C=C\C)=C/C. The summed E-state index contributed by atoms with van der Waals surface area (Å²) < 4.78 is 0. The predicted octanol–water partition coefficient (Wildman–Crippen LogP) is 6.64. The highest BCUT2D eigenvalue weighted by Gasteiger charge is 1.94. The molecule has 0 heterocycles. The van der Waals surface area contributed by atoms with Gasteiger partial charge in [-0.3, -0.25) is 0 Å². The van der Waals surface area contributed by atoms with Gasteiger partial charge in [0.1, 0.15) is 0 Å². The summed E-state index contributed by atoms with van der Waals surface area (Å²) in [6.45, 7) is 16.1. The molecule has 0 nitrogen and oxygen atoms in total. The first kappa shape index (κ1) is 21.9. The Hall–Kier alpha value is -1.30. The molecule has 0 unspecified atom stereocenters. The molecule has 104 valence electrons. The molecule has 0 fully saturated rings. The summed E-state index contributed by atoms with van der Waals surface area (Å²) in [5, 5.41) is 0. The topological polar surface area (TPSA) is 0 Å². The Balaban J connectivity index is -0.000000506. The molecule has 0 saturated heterocycles. The summed E-state index contributed by atoms with van der Waals surface area (Å²) in [5.41, 5.74) is 2.50. The van der Waals surface area contributed by atoms with Crippen molar-refractivity contribution >= 4 is 0 Å². The van der Waals surface area contributed by atoms with Crippen LogP contribution < -0.4 is 0 Å². The van der Waals surface area contributed by atoms with E-state index < -0.39 is 0 Å². The Labute approximate surface area is 116 Å². The van der Waals surface area contributed by atoms with Gasteiger partial charge in [-0.1, -0.05) is 76.3 Å². The molecule has 0 aromatic rings. The largest absolute Gasteiger partial charge is 0.0876 e. The van der Waals surface area contributed by atoms with Gasteiger partial charge in [-0.05, 0) is 38.8 Å². The quantitative estimate of drug-likeness (QED) is 0.489. The fraction of sp³-hybridized carbons (Fsp3) is 0.444. The van der Waals surface area contributed by atoms with Crippen molar-refractivity contribution in [1.29, 1.82) is 0 Å². The molecule has 0 aliphatic heterocycles. The Bertz CT molecular complexity index is 283. The molecule has 0 saturated carbocycles. The summed E-state index contributed by atoms with van der Waals surface area (Å²) in [6.07, 6.45) is 16.7. The molecule has 0 N–H and O–H groups in total. The van der Waals surface area contributed by atoms with Crippen molar-refractivity contribution in [3.8, 4) is 0 Å². The minimum Gasteiger partial charge on any atom is -0.0876 e. The fourth-order valence-electron chi connectivity index (χ4n) is 1.17. The summed E-state index contributed by atoms with van der Waals surface area (Å²) in [6, 6.07) is 0. The van der Waals surface area contributed by atoms with Crippen molar-refractivity contribution in [2.45, 2.75) is 55.4 Å². The average Bonchev–Trinajstić information content (AvgIpc) is 2.45. The molecular weight excluding hydrogens is 216 g/mol. The second-order valence-electron chi connectivity index (χ2n) is 2.89. The Morgan fingerprint density at radius 3 is 1.39 bits per heavy atom. The molecule has 0 aliphatic rings. The first-order valence-corrected chi connectivity index (χ1v) is 7.05. The van der Waals surface area contributed by atoms with Gasteiger partial charge >= 0.3 is 0 Å². The molecule has 0 aromatic carbocycles. The number of allylic oxidation sites excluding steroid dienone is 10. The highest BCUT2D eigenvalue weighted by Crippen LogP contribution is 2.13. The van der Waals surface area contributed by atoms with Crippen LogP contribution in [0.1, 0.15) is 55.4 Å². The van der Waals surface area contributed by atoms with E-state index in [1.165, 1.54) is 11.1 Å². The summed E-state index contributed by atoms with van der Waals surface area (Å²) in [5.74, 6) is 0. The maximum atomic E-state index is 2.12. The van der Waals surface area contributed by atoms with Gasteiger partial charge in [0.2, 0.25) is 0 Å². The number of hydrogen-bond acceptors (Lipinski definition) is 0. The molecule has 0 atom stereocenters. The average molecular weight is 248 g/mol. The highest BCUT2D eigenvalue weighted by molar-refractivity contribution is 5.47. The standard InChI is InChI=1S/C14H20.2C2H6/c1-5-9-12-14(11-7-3)13(8-4)10-6-2;2*1-2/h5-12H,1-4H3;2*1-2H3/b9-5-,10-6-,11-7-,13-8+,14-12+;;. The third-order valence-electron chi connectivity index (χ3n) is 1.81. The zero-order valence-corrected chi connectivity index (χ0v) is 13.6. The normalized spacial score (nSPS) is 12.4. The van der Waals surface area contributed by atoms with Crippen molar-refractivity contribution < 1.29 is 0 Å². The van der Waals surface area contributed by atoms with Crippen LogP contribution >= 0.6 is 0 Å². The Morgan fingerprint density at radius 1 is 0.611 bits per heavy atom. The van der Waals surface area contributed by atoms with Crippen LogP contribution in [0.3, 0.4) is 0 Å². The lowest BCUT2D eigenvalue weighted by Gasteiger charge is -2.01. The number of rotatable bonds is 4. The van der Waals surface area contributed by atoms with Crippen LogP contribution in [0.25, 0.3) is 0 Å². The smallest absolute Gasteiger partial charge is 0.0191 e. The molecule has 0 aromatic heterocycles. The van der Waals surface area contributed by atoms with Crippen molar-refractivity contribution in [3.05, 3.63) is 59.8 Å². The molecule has 0 amide bonds. The van der Waals surface area contributed by atoms with Crippen LogP contribution in [-0.2, 0) is 0 Å². The van der Waals surface area contributed by atoms with Crippen LogP contribution in [0, 0.1) is 0 Å². The van der Waals surface area contributed by atoms with Crippen LogP contribution in [0.4, 0.5) is 0 Å². The molecule has 0 aliphatic carbocycles. The van der Waals surface area contributed by atoms with Crippen molar-refractivity contribution in [1.82, 2.24) is 0 Å². The van der Waals surface area contributed by atoms with Crippen molar-refractivity contribution in [3.63, 3.8) is 0 Å². The summed E-state index contributed by atoms with van der Waals surface area (Å²) in [4.78, 5) is 0. The van der Waals surface area contributed by atoms with E-state index in [-0.39, 0.29) is 0 Å². The lowest BCUT2D eigenvalue weighted by Crippen LogP contribution is -1.81. The summed E-state index contributed by atoms with van der Waals surface area (Å²) >= 11 is 0. The molecule has 0 spiro atoms. The minimum absolute atomic E-state index is 1.24.